The zero-order valence-electron chi connectivity index (χ0n) is 9.29. The van der Waals surface area contributed by atoms with Gasteiger partial charge in [0.1, 0.15) is 11.4 Å². The predicted molar refractivity (Wildman–Crippen MR) is 67.3 cm³/mol. The van der Waals surface area contributed by atoms with Crippen LogP contribution in [-0.4, -0.2) is 20.1 Å². The number of aromatic nitrogens is 3. The van der Waals surface area contributed by atoms with Gasteiger partial charge in [0.25, 0.3) is 5.56 Å². The number of aromatic amines is 1. The molecule has 0 aliphatic heterocycles. The molecule has 0 unspecified atom stereocenters. The number of fused-ring (bicyclic) bond motifs is 1. The van der Waals surface area contributed by atoms with Gasteiger partial charge in [0.05, 0.1) is 10.9 Å². The summed E-state index contributed by atoms with van der Waals surface area (Å²) in [6, 6.07) is 10.1. The van der Waals surface area contributed by atoms with Crippen LogP contribution in [0.2, 0.25) is 0 Å². The van der Waals surface area contributed by atoms with Gasteiger partial charge in [-0.2, -0.15) is 0 Å². The molecule has 5 heteroatoms. The van der Waals surface area contributed by atoms with Crippen molar-refractivity contribution >= 4 is 10.9 Å². The van der Waals surface area contributed by atoms with Crippen LogP contribution in [0.4, 0.5) is 0 Å². The molecule has 0 spiro atoms. The second kappa shape index (κ2) is 3.96. The molecule has 2 N–H and O–H groups in total. The van der Waals surface area contributed by atoms with E-state index in [-0.39, 0.29) is 22.8 Å². The Morgan fingerprint density at radius 3 is 2.78 bits per heavy atom. The monoisotopic (exact) mass is 239 g/mol. The van der Waals surface area contributed by atoms with Gasteiger partial charge in [0, 0.05) is 6.20 Å². The van der Waals surface area contributed by atoms with Gasteiger partial charge in [-0.25, -0.2) is 9.97 Å². The van der Waals surface area contributed by atoms with E-state index in [2.05, 4.69) is 15.0 Å². The highest BCUT2D eigenvalue weighted by atomic mass is 16.3. The third kappa shape index (κ3) is 1.62. The standard InChI is InChI=1S/C13H9N3O2/c17-10-6-3-7-14-11(10)12-15-9-5-2-1-4-8(9)13(18)16-12/h1-7,17H,(H,15,16,18). The number of benzene rings is 1. The number of nitrogens with one attached hydrogen (secondary N) is 1. The topological polar surface area (TPSA) is 78.9 Å². The van der Waals surface area contributed by atoms with Crippen LogP contribution < -0.4 is 5.56 Å². The molecule has 0 radical (unpaired) electrons. The van der Waals surface area contributed by atoms with Crippen molar-refractivity contribution in [3.63, 3.8) is 0 Å². The molecule has 1 aromatic carbocycles. The van der Waals surface area contributed by atoms with Crippen LogP contribution in [0.15, 0.2) is 47.4 Å². The van der Waals surface area contributed by atoms with E-state index in [0.29, 0.717) is 10.9 Å². The summed E-state index contributed by atoms with van der Waals surface area (Å²) in [6.45, 7) is 0. The smallest absolute Gasteiger partial charge is 0.259 e. The maximum atomic E-state index is 11.9. The molecule has 0 amide bonds. The number of aromatic hydroxyl groups is 1. The highest BCUT2D eigenvalue weighted by molar-refractivity contribution is 5.79. The second-order valence-electron chi connectivity index (χ2n) is 3.80. The van der Waals surface area contributed by atoms with Gasteiger partial charge in [0.15, 0.2) is 5.82 Å². The van der Waals surface area contributed by atoms with Crippen LogP contribution in [0.3, 0.4) is 0 Å². The van der Waals surface area contributed by atoms with Crippen molar-refractivity contribution in [1.82, 2.24) is 15.0 Å². The van der Waals surface area contributed by atoms with E-state index in [4.69, 9.17) is 0 Å². The fourth-order valence-corrected chi connectivity index (χ4v) is 1.78. The molecule has 0 aliphatic carbocycles. The van der Waals surface area contributed by atoms with Crippen molar-refractivity contribution in [2.75, 3.05) is 0 Å². The van der Waals surface area contributed by atoms with Crippen molar-refractivity contribution < 1.29 is 5.11 Å². The quantitative estimate of drug-likeness (QED) is 0.677. The SMILES string of the molecule is O=c1[nH]c(-c2ncccc2O)nc2ccccc12. The molecular formula is C13H9N3O2. The zero-order chi connectivity index (χ0) is 12.5. The van der Waals surface area contributed by atoms with Crippen LogP contribution in [0.1, 0.15) is 0 Å². The van der Waals surface area contributed by atoms with Crippen molar-refractivity contribution in [3.05, 3.63) is 52.9 Å². The number of pyridine rings is 1. The molecule has 0 fully saturated rings. The first-order chi connectivity index (χ1) is 8.75. The molecule has 0 aliphatic rings. The molecule has 0 atom stereocenters. The molecule has 2 aromatic heterocycles. The molecule has 3 aromatic rings. The van der Waals surface area contributed by atoms with E-state index < -0.39 is 0 Å². The minimum absolute atomic E-state index is 0.0177. The van der Waals surface area contributed by atoms with Crippen LogP contribution in [0.5, 0.6) is 5.75 Å². The molecule has 5 nitrogen and oxygen atoms in total. The molecule has 0 saturated carbocycles. The largest absolute Gasteiger partial charge is 0.506 e. The Morgan fingerprint density at radius 2 is 1.94 bits per heavy atom. The Labute approximate surface area is 102 Å². The fourth-order valence-electron chi connectivity index (χ4n) is 1.78. The molecule has 2 heterocycles. The minimum atomic E-state index is -0.249. The van der Waals surface area contributed by atoms with E-state index in [9.17, 15) is 9.90 Å². The summed E-state index contributed by atoms with van der Waals surface area (Å²) in [5.74, 6) is 0.243. The number of rotatable bonds is 1. The van der Waals surface area contributed by atoms with Crippen LogP contribution in [-0.2, 0) is 0 Å². The third-order valence-electron chi connectivity index (χ3n) is 2.62. The summed E-state index contributed by atoms with van der Waals surface area (Å²) in [7, 11) is 0. The normalized spacial score (nSPS) is 10.7. The van der Waals surface area contributed by atoms with Crippen molar-refractivity contribution in [2.24, 2.45) is 0 Å². The van der Waals surface area contributed by atoms with Crippen LogP contribution >= 0.6 is 0 Å². The molecule has 0 bridgehead atoms. The van der Waals surface area contributed by atoms with E-state index in [1.807, 2.05) is 0 Å². The lowest BCUT2D eigenvalue weighted by molar-refractivity contribution is 0.474. The molecule has 0 saturated heterocycles. The highest BCUT2D eigenvalue weighted by Crippen LogP contribution is 2.22. The van der Waals surface area contributed by atoms with Crippen LogP contribution in [0, 0.1) is 0 Å². The fraction of sp³-hybridized carbons (Fsp3) is 0. The molecule has 18 heavy (non-hydrogen) atoms. The Hall–Kier alpha value is -2.69. The second-order valence-corrected chi connectivity index (χ2v) is 3.80. The van der Waals surface area contributed by atoms with E-state index in [1.54, 1.807) is 30.3 Å². The van der Waals surface area contributed by atoms with Gasteiger partial charge in [0.2, 0.25) is 0 Å². The zero-order valence-corrected chi connectivity index (χ0v) is 9.29. The first-order valence-corrected chi connectivity index (χ1v) is 5.39. The van der Waals surface area contributed by atoms with Crippen molar-refractivity contribution in [1.29, 1.82) is 0 Å². The minimum Gasteiger partial charge on any atom is -0.506 e. The van der Waals surface area contributed by atoms with Crippen molar-refractivity contribution in [3.8, 4) is 17.3 Å². The molecule has 88 valence electrons. The van der Waals surface area contributed by atoms with Gasteiger partial charge in [-0.15, -0.1) is 0 Å². The van der Waals surface area contributed by atoms with E-state index >= 15 is 0 Å². The lowest BCUT2D eigenvalue weighted by Crippen LogP contribution is -2.09. The highest BCUT2D eigenvalue weighted by Gasteiger charge is 2.09. The number of hydrogen-bond donors (Lipinski definition) is 2. The molecule has 3 rings (SSSR count). The summed E-state index contributed by atoms with van der Waals surface area (Å²) in [5.41, 5.74) is 0.585. The number of nitrogens with zero attached hydrogens (tertiary/aromatic N) is 2. The van der Waals surface area contributed by atoms with Gasteiger partial charge in [-0.3, -0.25) is 4.79 Å². The Morgan fingerprint density at radius 1 is 1.11 bits per heavy atom. The summed E-state index contributed by atoms with van der Waals surface area (Å²) >= 11 is 0. The first-order valence-electron chi connectivity index (χ1n) is 5.39. The number of H-pyrrole nitrogens is 1. The summed E-state index contributed by atoms with van der Waals surface area (Å²) in [5, 5.41) is 10.2. The Balaban J connectivity index is 2.32. The Bertz CT molecular complexity index is 780. The average molecular weight is 239 g/mol. The van der Waals surface area contributed by atoms with Gasteiger partial charge < -0.3 is 10.1 Å². The lowest BCUT2D eigenvalue weighted by atomic mass is 10.2. The summed E-state index contributed by atoms with van der Waals surface area (Å²) < 4.78 is 0. The van der Waals surface area contributed by atoms with Gasteiger partial charge in [-0.05, 0) is 24.3 Å². The van der Waals surface area contributed by atoms with E-state index in [0.717, 1.165) is 0 Å². The number of para-hydroxylation sites is 1. The summed E-state index contributed by atoms with van der Waals surface area (Å²) in [6.07, 6.45) is 1.53. The lowest BCUT2D eigenvalue weighted by Gasteiger charge is -2.03. The van der Waals surface area contributed by atoms with Crippen molar-refractivity contribution in [2.45, 2.75) is 0 Å². The predicted octanol–water partition coefficient (Wildman–Crippen LogP) is 1.69. The average Bonchev–Trinajstić information content (AvgIpc) is 2.39. The number of hydrogen-bond acceptors (Lipinski definition) is 4. The molecular weight excluding hydrogens is 230 g/mol. The third-order valence-corrected chi connectivity index (χ3v) is 2.62. The first kappa shape index (κ1) is 10.5. The maximum Gasteiger partial charge on any atom is 0.259 e. The summed E-state index contributed by atoms with van der Waals surface area (Å²) in [4.78, 5) is 22.8. The Kier molecular flexibility index (Phi) is 2.30. The maximum absolute atomic E-state index is 11.9. The van der Waals surface area contributed by atoms with Gasteiger partial charge >= 0.3 is 0 Å². The van der Waals surface area contributed by atoms with E-state index in [1.165, 1.54) is 12.3 Å². The van der Waals surface area contributed by atoms with Crippen LogP contribution in [0.25, 0.3) is 22.4 Å². The van der Waals surface area contributed by atoms with Gasteiger partial charge in [-0.1, -0.05) is 12.1 Å².